The summed E-state index contributed by atoms with van der Waals surface area (Å²) in [5.41, 5.74) is 1.62. The Morgan fingerprint density at radius 1 is 1.00 bits per heavy atom. The lowest BCUT2D eigenvalue weighted by atomic mass is 10.1. The Bertz CT molecular complexity index is 588. The van der Waals surface area contributed by atoms with E-state index in [4.69, 9.17) is 12.2 Å². The highest BCUT2D eigenvalue weighted by atomic mass is 32.1. The first-order chi connectivity index (χ1) is 9.65. The molecule has 0 radical (unpaired) electrons. The number of benzene rings is 2. The van der Waals surface area contributed by atoms with E-state index in [9.17, 15) is 8.78 Å². The Balaban J connectivity index is 1.79. The predicted molar refractivity (Wildman–Crippen MR) is 80.7 cm³/mol. The van der Waals surface area contributed by atoms with Crippen molar-refractivity contribution in [2.45, 2.75) is 6.42 Å². The summed E-state index contributed by atoms with van der Waals surface area (Å²) in [7, 11) is 0. The fourth-order valence-corrected chi connectivity index (χ4v) is 1.93. The van der Waals surface area contributed by atoms with Crippen LogP contribution in [0.4, 0.5) is 14.5 Å². The van der Waals surface area contributed by atoms with Crippen LogP contribution in [0.3, 0.4) is 0 Å². The van der Waals surface area contributed by atoms with Crippen LogP contribution in [0.5, 0.6) is 0 Å². The van der Waals surface area contributed by atoms with Gasteiger partial charge in [-0.25, -0.2) is 8.78 Å². The molecule has 0 fully saturated rings. The SMILES string of the molecule is Fc1ccc(NC(=S)NCCc2ccccc2)cc1F. The van der Waals surface area contributed by atoms with Gasteiger partial charge in [-0.2, -0.15) is 0 Å². The molecule has 0 aliphatic heterocycles. The van der Waals surface area contributed by atoms with Crippen LogP contribution in [-0.2, 0) is 6.42 Å². The summed E-state index contributed by atoms with van der Waals surface area (Å²) in [6, 6.07) is 13.6. The minimum Gasteiger partial charge on any atom is -0.362 e. The van der Waals surface area contributed by atoms with Crippen molar-refractivity contribution in [2.75, 3.05) is 11.9 Å². The van der Waals surface area contributed by atoms with E-state index in [0.717, 1.165) is 18.6 Å². The summed E-state index contributed by atoms with van der Waals surface area (Å²) in [6.07, 6.45) is 0.834. The predicted octanol–water partition coefficient (Wildman–Crippen LogP) is 3.49. The fraction of sp³-hybridized carbons (Fsp3) is 0.133. The molecule has 2 rings (SSSR count). The van der Waals surface area contributed by atoms with Gasteiger partial charge >= 0.3 is 0 Å². The van der Waals surface area contributed by atoms with Gasteiger partial charge in [0.15, 0.2) is 16.7 Å². The van der Waals surface area contributed by atoms with Crippen LogP contribution in [0.1, 0.15) is 5.56 Å². The van der Waals surface area contributed by atoms with E-state index in [1.54, 1.807) is 0 Å². The number of hydrogen-bond donors (Lipinski definition) is 2. The van der Waals surface area contributed by atoms with Crippen LogP contribution >= 0.6 is 12.2 Å². The van der Waals surface area contributed by atoms with Crippen molar-refractivity contribution >= 4 is 23.0 Å². The highest BCUT2D eigenvalue weighted by molar-refractivity contribution is 7.80. The standard InChI is InChI=1S/C15H14F2N2S/c16-13-7-6-12(10-14(13)17)19-15(20)18-9-8-11-4-2-1-3-5-11/h1-7,10H,8-9H2,(H2,18,19,20). The minimum absolute atomic E-state index is 0.381. The summed E-state index contributed by atoms with van der Waals surface area (Å²) in [6.45, 7) is 0.666. The van der Waals surface area contributed by atoms with E-state index in [0.29, 0.717) is 17.3 Å². The number of nitrogens with one attached hydrogen (secondary N) is 2. The topological polar surface area (TPSA) is 24.1 Å². The fourth-order valence-electron chi connectivity index (χ4n) is 1.71. The van der Waals surface area contributed by atoms with E-state index in [1.165, 1.54) is 11.6 Å². The van der Waals surface area contributed by atoms with E-state index >= 15 is 0 Å². The van der Waals surface area contributed by atoms with Gasteiger partial charge in [-0.3, -0.25) is 0 Å². The third kappa shape index (κ3) is 4.28. The first kappa shape index (κ1) is 14.4. The molecule has 104 valence electrons. The molecule has 0 atom stereocenters. The second-order valence-electron chi connectivity index (χ2n) is 4.25. The molecule has 0 aliphatic carbocycles. The van der Waals surface area contributed by atoms with E-state index in [2.05, 4.69) is 10.6 Å². The van der Waals surface area contributed by atoms with Gasteiger partial charge in [0.25, 0.3) is 0 Å². The van der Waals surface area contributed by atoms with Gasteiger partial charge in [-0.1, -0.05) is 30.3 Å². The maximum absolute atomic E-state index is 13.0. The Labute approximate surface area is 121 Å². The van der Waals surface area contributed by atoms with Crippen molar-refractivity contribution in [1.82, 2.24) is 5.32 Å². The van der Waals surface area contributed by atoms with E-state index < -0.39 is 11.6 Å². The van der Waals surface area contributed by atoms with Gasteiger partial charge in [-0.15, -0.1) is 0 Å². The molecule has 0 saturated carbocycles. The van der Waals surface area contributed by atoms with Crippen molar-refractivity contribution in [3.63, 3.8) is 0 Å². The first-order valence-electron chi connectivity index (χ1n) is 6.19. The van der Waals surface area contributed by atoms with E-state index in [1.807, 2.05) is 30.3 Å². The minimum atomic E-state index is -0.901. The van der Waals surface area contributed by atoms with Crippen LogP contribution in [0.15, 0.2) is 48.5 Å². The third-order valence-corrected chi connectivity index (χ3v) is 2.97. The Kier molecular flexibility index (Phi) is 5.01. The molecule has 0 aliphatic rings. The molecule has 0 amide bonds. The Hall–Kier alpha value is -2.01. The number of halogens is 2. The monoisotopic (exact) mass is 292 g/mol. The average molecular weight is 292 g/mol. The molecule has 2 nitrogen and oxygen atoms in total. The molecule has 20 heavy (non-hydrogen) atoms. The van der Waals surface area contributed by atoms with Crippen LogP contribution in [0, 0.1) is 11.6 Å². The quantitative estimate of drug-likeness (QED) is 0.844. The van der Waals surface area contributed by atoms with Gasteiger partial charge in [-0.05, 0) is 36.3 Å². The molecule has 0 aromatic heterocycles. The van der Waals surface area contributed by atoms with Crippen LogP contribution in [-0.4, -0.2) is 11.7 Å². The molecular formula is C15H14F2N2S. The first-order valence-corrected chi connectivity index (χ1v) is 6.60. The summed E-state index contributed by atoms with van der Waals surface area (Å²) < 4.78 is 25.8. The normalized spacial score (nSPS) is 10.1. The zero-order chi connectivity index (χ0) is 14.4. The lowest BCUT2D eigenvalue weighted by Gasteiger charge is -2.10. The van der Waals surface area contributed by atoms with Crippen LogP contribution < -0.4 is 10.6 Å². The van der Waals surface area contributed by atoms with Crippen LogP contribution in [0.2, 0.25) is 0 Å². The Morgan fingerprint density at radius 2 is 1.75 bits per heavy atom. The highest BCUT2D eigenvalue weighted by Crippen LogP contribution is 2.12. The third-order valence-electron chi connectivity index (χ3n) is 2.72. The number of anilines is 1. The number of rotatable bonds is 4. The van der Waals surface area contributed by atoms with Crippen LogP contribution in [0.25, 0.3) is 0 Å². The molecule has 2 aromatic carbocycles. The number of thiocarbonyl (C=S) groups is 1. The van der Waals surface area contributed by atoms with Gasteiger partial charge in [0.2, 0.25) is 0 Å². The maximum atomic E-state index is 13.0. The maximum Gasteiger partial charge on any atom is 0.170 e. The zero-order valence-electron chi connectivity index (χ0n) is 10.7. The van der Waals surface area contributed by atoms with Crippen molar-refractivity contribution in [3.05, 3.63) is 65.7 Å². The summed E-state index contributed by atoms with van der Waals surface area (Å²) in [4.78, 5) is 0. The van der Waals surface area contributed by atoms with Gasteiger partial charge in [0.1, 0.15) is 0 Å². The van der Waals surface area contributed by atoms with Gasteiger partial charge in [0.05, 0.1) is 0 Å². The molecule has 0 bridgehead atoms. The van der Waals surface area contributed by atoms with Crippen molar-refractivity contribution in [1.29, 1.82) is 0 Å². The summed E-state index contributed by atoms with van der Waals surface area (Å²) in [5, 5.41) is 6.21. The molecule has 0 heterocycles. The van der Waals surface area contributed by atoms with Gasteiger partial charge < -0.3 is 10.6 Å². The second kappa shape index (κ2) is 6.96. The van der Waals surface area contributed by atoms with Crippen molar-refractivity contribution in [2.24, 2.45) is 0 Å². The molecule has 2 N–H and O–H groups in total. The van der Waals surface area contributed by atoms with Gasteiger partial charge in [0, 0.05) is 18.3 Å². The molecule has 2 aromatic rings. The zero-order valence-corrected chi connectivity index (χ0v) is 11.5. The lowest BCUT2D eigenvalue weighted by molar-refractivity contribution is 0.509. The van der Waals surface area contributed by atoms with Crippen molar-refractivity contribution < 1.29 is 8.78 Å². The smallest absolute Gasteiger partial charge is 0.170 e. The molecule has 0 unspecified atom stereocenters. The average Bonchev–Trinajstić information content (AvgIpc) is 2.44. The lowest BCUT2D eigenvalue weighted by Crippen LogP contribution is -2.30. The highest BCUT2D eigenvalue weighted by Gasteiger charge is 2.03. The summed E-state index contributed by atoms with van der Waals surface area (Å²) in [5.74, 6) is -1.78. The Morgan fingerprint density at radius 3 is 2.45 bits per heavy atom. The molecule has 0 spiro atoms. The molecule has 5 heteroatoms. The van der Waals surface area contributed by atoms with E-state index in [-0.39, 0.29) is 0 Å². The van der Waals surface area contributed by atoms with Crippen molar-refractivity contribution in [3.8, 4) is 0 Å². The second-order valence-corrected chi connectivity index (χ2v) is 4.65. The largest absolute Gasteiger partial charge is 0.362 e. The molecule has 0 saturated heterocycles. The summed E-state index contributed by atoms with van der Waals surface area (Å²) >= 11 is 5.09. The number of hydrogen-bond acceptors (Lipinski definition) is 1. The molecular weight excluding hydrogens is 278 g/mol.